The van der Waals surface area contributed by atoms with Crippen LogP contribution in [0.3, 0.4) is 0 Å². The summed E-state index contributed by atoms with van der Waals surface area (Å²) in [6.45, 7) is 1.57. The summed E-state index contributed by atoms with van der Waals surface area (Å²) in [7, 11) is 0. The molecule has 0 amide bonds. The van der Waals surface area contributed by atoms with E-state index in [9.17, 15) is 19.2 Å². The molecule has 0 aromatic heterocycles. The molecule has 0 radical (unpaired) electrons. The van der Waals surface area contributed by atoms with Gasteiger partial charge in [-0.25, -0.2) is 19.2 Å². The Bertz CT molecular complexity index is 1540. The van der Waals surface area contributed by atoms with Gasteiger partial charge in [-0.1, -0.05) is 72.8 Å². The third kappa shape index (κ3) is 7.14. The SMILES string of the molecule is C[C@H]1O[C@@H](OC(=O)c2ccccc2)[C@H](OC(=O)c2ccccc2)[C@@H](OC(=O)c2ccccc2)[C@@H]1OC(=O)c1ccccc1. The van der Waals surface area contributed by atoms with Crippen molar-refractivity contribution in [2.24, 2.45) is 0 Å². The number of ether oxygens (including phenoxy) is 5. The molecular weight excluding hydrogens is 552 g/mol. The maximum atomic E-state index is 13.3. The van der Waals surface area contributed by atoms with E-state index in [1.165, 1.54) is 12.1 Å². The third-order valence-corrected chi connectivity index (χ3v) is 6.72. The van der Waals surface area contributed by atoms with Gasteiger partial charge in [0.25, 0.3) is 0 Å². The molecule has 0 aliphatic carbocycles. The molecule has 1 fully saturated rings. The minimum absolute atomic E-state index is 0.195. The largest absolute Gasteiger partial charge is 0.452 e. The zero-order valence-electron chi connectivity index (χ0n) is 23.1. The van der Waals surface area contributed by atoms with E-state index >= 15 is 0 Å². The minimum atomic E-state index is -1.52. The summed E-state index contributed by atoms with van der Waals surface area (Å²) in [5, 5.41) is 0. The molecule has 5 atom stereocenters. The molecule has 0 unspecified atom stereocenters. The van der Waals surface area contributed by atoms with E-state index in [1.807, 2.05) is 0 Å². The number of hydrogen-bond donors (Lipinski definition) is 0. The van der Waals surface area contributed by atoms with Gasteiger partial charge in [-0.2, -0.15) is 0 Å². The maximum absolute atomic E-state index is 13.3. The first-order valence-electron chi connectivity index (χ1n) is 13.6. The quantitative estimate of drug-likeness (QED) is 0.203. The monoisotopic (exact) mass is 580 g/mol. The Labute approximate surface area is 247 Å². The van der Waals surface area contributed by atoms with Crippen LogP contribution in [0.4, 0.5) is 0 Å². The van der Waals surface area contributed by atoms with Gasteiger partial charge in [0.2, 0.25) is 12.4 Å². The maximum Gasteiger partial charge on any atom is 0.340 e. The van der Waals surface area contributed by atoms with Crippen LogP contribution >= 0.6 is 0 Å². The lowest BCUT2D eigenvalue weighted by Crippen LogP contribution is -2.61. The molecule has 0 bridgehead atoms. The molecule has 0 N–H and O–H groups in total. The predicted octanol–water partition coefficient (Wildman–Crippen LogP) is 5.27. The van der Waals surface area contributed by atoms with Crippen molar-refractivity contribution in [1.82, 2.24) is 0 Å². The zero-order valence-corrected chi connectivity index (χ0v) is 23.1. The lowest BCUT2D eigenvalue weighted by Gasteiger charge is -2.43. The summed E-state index contributed by atoms with van der Waals surface area (Å²) < 4.78 is 29.2. The second kappa shape index (κ2) is 13.6. The number of esters is 4. The first-order valence-corrected chi connectivity index (χ1v) is 13.6. The summed E-state index contributed by atoms with van der Waals surface area (Å²) in [4.78, 5) is 52.8. The van der Waals surface area contributed by atoms with Gasteiger partial charge in [0.1, 0.15) is 0 Å². The van der Waals surface area contributed by atoms with Crippen molar-refractivity contribution in [3.8, 4) is 0 Å². The number of carbonyl (C=O) groups is 4. The highest BCUT2D eigenvalue weighted by Gasteiger charge is 2.53. The molecular formula is C34H28O9. The van der Waals surface area contributed by atoms with Gasteiger partial charge in [0.15, 0.2) is 12.2 Å². The van der Waals surface area contributed by atoms with Gasteiger partial charge in [-0.15, -0.1) is 0 Å². The summed E-state index contributed by atoms with van der Waals surface area (Å²) >= 11 is 0. The third-order valence-electron chi connectivity index (χ3n) is 6.72. The van der Waals surface area contributed by atoms with Gasteiger partial charge in [0, 0.05) is 0 Å². The second-order valence-electron chi connectivity index (χ2n) is 9.69. The molecule has 9 heteroatoms. The molecule has 4 aromatic rings. The van der Waals surface area contributed by atoms with Crippen LogP contribution in [0.1, 0.15) is 48.4 Å². The smallest absolute Gasteiger partial charge is 0.340 e. The summed E-state index contributed by atoms with van der Waals surface area (Å²) in [5.74, 6) is -3.03. The molecule has 1 aliphatic rings. The van der Waals surface area contributed by atoms with E-state index in [4.69, 9.17) is 23.7 Å². The summed E-state index contributed by atoms with van der Waals surface area (Å²) in [6, 6.07) is 32.7. The molecule has 5 rings (SSSR count). The van der Waals surface area contributed by atoms with Crippen LogP contribution in [0.5, 0.6) is 0 Å². The highest BCUT2D eigenvalue weighted by molar-refractivity contribution is 5.92. The van der Waals surface area contributed by atoms with Crippen LogP contribution in [0, 0.1) is 0 Å². The molecule has 9 nitrogen and oxygen atoms in total. The number of carbonyl (C=O) groups excluding carboxylic acids is 4. The van der Waals surface area contributed by atoms with E-state index in [1.54, 1.807) is 116 Å². The fraction of sp³-hybridized carbons (Fsp3) is 0.176. The van der Waals surface area contributed by atoms with Gasteiger partial charge in [-0.05, 0) is 55.5 Å². The van der Waals surface area contributed by atoms with Gasteiger partial charge >= 0.3 is 23.9 Å². The van der Waals surface area contributed by atoms with E-state index in [0.717, 1.165) is 0 Å². The van der Waals surface area contributed by atoms with Crippen LogP contribution < -0.4 is 0 Å². The lowest BCUT2D eigenvalue weighted by molar-refractivity contribution is -0.274. The van der Waals surface area contributed by atoms with Crippen LogP contribution in [0.15, 0.2) is 121 Å². The highest BCUT2D eigenvalue weighted by Crippen LogP contribution is 2.31. The Morgan fingerprint density at radius 1 is 0.442 bits per heavy atom. The fourth-order valence-corrected chi connectivity index (χ4v) is 4.54. The van der Waals surface area contributed by atoms with Crippen molar-refractivity contribution in [3.63, 3.8) is 0 Å². The van der Waals surface area contributed by atoms with Crippen molar-refractivity contribution in [1.29, 1.82) is 0 Å². The van der Waals surface area contributed by atoms with Gasteiger partial charge in [0.05, 0.1) is 28.4 Å². The molecule has 218 valence electrons. The van der Waals surface area contributed by atoms with Crippen molar-refractivity contribution >= 4 is 23.9 Å². The zero-order chi connectivity index (χ0) is 30.2. The Hall–Kier alpha value is -5.28. The summed E-state index contributed by atoms with van der Waals surface area (Å²) in [5.41, 5.74) is 0.876. The normalized spacial score (nSPS) is 21.2. The van der Waals surface area contributed by atoms with E-state index in [0.29, 0.717) is 0 Å². The average Bonchev–Trinajstić information content (AvgIpc) is 3.05. The van der Waals surface area contributed by atoms with Crippen LogP contribution in [-0.4, -0.2) is 54.6 Å². The Morgan fingerprint density at radius 3 is 1.12 bits per heavy atom. The number of rotatable bonds is 8. The van der Waals surface area contributed by atoms with Gasteiger partial charge < -0.3 is 23.7 Å². The average molecular weight is 581 g/mol. The Kier molecular flexibility index (Phi) is 9.23. The van der Waals surface area contributed by atoms with Crippen LogP contribution in [-0.2, 0) is 23.7 Å². The molecule has 0 saturated carbocycles. The topological polar surface area (TPSA) is 114 Å². The van der Waals surface area contributed by atoms with Crippen LogP contribution in [0.25, 0.3) is 0 Å². The fourth-order valence-electron chi connectivity index (χ4n) is 4.54. The van der Waals surface area contributed by atoms with Crippen molar-refractivity contribution < 1.29 is 42.9 Å². The van der Waals surface area contributed by atoms with Gasteiger partial charge in [-0.3, -0.25) is 0 Å². The number of benzene rings is 4. The predicted molar refractivity (Wildman–Crippen MR) is 153 cm³/mol. The number of hydrogen-bond acceptors (Lipinski definition) is 9. The molecule has 43 heavy (non-hydrogen) atoms. The lowest BCUT2D eigenvalue weighted by atomic mass is 9.98. The molecule has 4 aromatic carbocycles. The van der Waals surface area contributed by atoms with Crippen LogP contribution in [0.2, 0.25) is 0 Å². The first-order chi connectivity index (χ1) is 20.9. The summed E-state index contributed by atoms with van der Waals surface area (Å²) in [6.07, 6.45) is -6.67. The van der Waals surface area contributed by atoms with E-state index < -0.39 is 54.6 Å². The molecule has 0 spiro atoms. The first kappa shape index (κ1) is 29.2. The highest BCUT2D eigenvalue weighted by atomic mass is 16.7. The minimum Gasteiger partial charge on any atom is -0.452 e. The van der Waals surface area contributed by atoms with E-state index in [-0.39, 0.29) is 22.3 Å². The van der Waals surface area contributed by atoms with Crippen molar-refractivity contribution in [3.05, 3.63) is 144 Å². The standard InChI is InChI=1S/C34H28O9/c1-22-27(40-30(35)23-14-6-2-7-15-23)28(41-31(36)24-16-8-3-9-17-24)29(42-32(37)25-18-10-4-11-19-25)34(39-22)43-33(38)26-20-12-5-13-21-26/h2-22,27-29,34H,1H3/t22-,27-,28+,29-,34+/m1/s1. The Balaban J connectivity index is 1.51. The van der Waals surface area contributed by atoms with E-state index in [2.05, 4.69) is 0 Å². The Morgan fingerprint density at radius 2 is 0.744 bits per heavy atom. The molecule has 1 aliphatic heterocycles. The van der Waals surface area contributed by atoms with Crippen molar-refractivity contribution in [2.45, 2.75) is 37.6 Å². The molecule has 1 heterocycles. The van der Waals surface area contributed by atoms with Crippen molar-refractivity contribution in [2.75, 3.05) is 0 Å². The second-order valence-corrected chi connectivity index (χ2v) is 9.69. The molecule has 1 saturated heterocycles.